The summed E-state index contributed by atoms with van der Waals surface area (Å²) in [7, 11) is 1.71. The molecule has 0 aromatic heterocycles. The number of benzene rings is 1. The third-order valence-electron chi connectivity index (χ3n) is 3.20. The van der Waals surface area contributed by atoms with Crippen molar-refractivity contribution in [3.63, 3.8) is 0 Å². The molecule has 0 aliphatic heterocycles. The van der Waals surface area contributed by atoms with E-state index in [1.807, 2.05) is 24.3 Å². The first-order chi connectivity index (χ1) is 10.7. The average molecular weight is 305 g/mol. The number of unbranched alkanes of at least 4 members (excludes halogenated alkanes) is 2. The highest BCUT2D eigenvalue weighted by molar-refractivity contribution is 5.91. The van der Waals surface area contributed by atoms with Crippen LogP contribution in [0.3, 0.4) is 0 Å². The number of hydrogen-bond donors (Lipinski definition) is 2. The van der Waals surface area contributed by atoms with Gasteiger partial charge in [-0.15, -0.1) is 0 Å². The number of nitrogens with zero attached hydrogens (tertiary/aromatic N) is 1. The predicted octanol–water partition coefficient (Wildman–Crippen LogP) is 3.36. The molecule has 0 saturated heterocycles. The number of rotatable bonds is 10. The van der Waals surface area contributed by atoms with Crippen LogP contribution in [-0.4, -0.2) is 32.0 Å². The van der Waals surface area contributed by atoms with Crippen molar-refractivity contribution < 1.29 is 9.47 Å². The summed E-state index contributed by atoms with van der Waals surface area (Å²) < 4.78 is 11.0. The van der Waals surface area contributed by atoms with E-state index in [4.69, 9.17) is 20.6 Å². The van der Waals surface area contributed by atoms with Crippen molar-refractivity contribution in [2.45, 2.75) is 39.0 Å². The molecule has 3 N–H and O–H groups in total. The van der Waals surface area contributed by atoms with Gasteiger partial charge in [0.25, 0.3) is 0 Å². The van der Waals surface area contributed by atoms with Gasteiger partial charge in [-0.2, -0.15) is 0 Å². The molecule has 0 amide bonds. The van der Waals surface area contributed by atoms with Crippen LogP contribution in [0.4, 0.5) is 0 Å². The van der Waals surface area contributed by atoms with E-state index >= 15 is 0 Å². The van der Waals surface area contributed by atoms with Gasteiger partial charge in [-0.3, -0.25) is 10.4 Å². The zero-order valence-electron chi connectivity index (χ0n) is 13.6. The Morgan fingerprint density at radius 2 is 1.86 bits per heavy atom. The molecule has 0 heterocycles. The summed E-state index contributed by atoms with van der Waals surface area (Å²) in [4.78, 5) is 3.92. The molecule has 5 heteroatoms. The van der Waals surface area contributed by atoms with Gasteiger partial charge in [0.2, 0.25) is 5.90 Å². The van der Waals surface area contributed by atoms with Crippen molar-refractivity contribution in [2.75, 3.05) is 20.3 Å². The first-order valence-electron chi connectivity index (χ1n) is 7.83. The summed E-state index contributed by atoms with van der Waals surface area (Å²) in [5, 5.41) is 7.91. The lowest BCUT2D eigenvalue weighted by molar-refractivity contribution is 0.291. The number of nitrogens with two attached hydrogens (primary N) is 1. The first-order valence-corrected chi connectivity index (χ1v) is 7.83. The Kier molecular flexibility index (Phi) is 8.72. The number of nitrogens with one attached hydrogen (secondary N) is 1. The van der Waals surface area contributed by atoms with Gasteiger partial charge in [0.1, 0.15) is 5.75 Å². The second kappa shape index (κ2) is 10.7. The predicted molar refractivity (Wildman–Crippen MR) is 91.0 cm³/mol. The topological polar surface area (TPSA) is 80.7 Å². The fraction of sp³-hybridized carbons (Fsp3) is 0.529. The molecule has 5 nitrogen and oxygen atoms in total. The normalized spacial score (nSPS) is 11.3. The molecule has 0 fully saturated rings. The minimum atomic E-state index is 0.205. The van der Waals surface area contributed by atoms with Crippen LogP contribution >= 0.6 is 0 Å². The smallest absolute Gasteiger partial charge is 0.213 e. The quantitative estimate of drug-likeness (QED) is 0.395. The van der Waals surface area contributed by atoms with Gasteiger partial charge >= 0.3 is 0 Å². The standard InChI is InChI=1S/C17H27N3O2/c1-3-12-21-15-10-8-14(9-11-15)17(19)22-13-6-4-5-7-16(18)20-2/h8-11,19H,3-7,12-13H2,1-2H3,(H2,18,20). The summed E-state index contributed by atoms with van der Waals surface area (Å²) in [5.41, 5.74) is 6.40. The first kappa shape index (κ1) is 18.0. The van der Waals surface area contributed by atoms with E-state index in [9.17, 15) is 0 Å². The highest BCUT2D eigenvalue weighted by atomic mass is 16.5. The largest absolute Gasteiger partial charge is 0.494 e. The molecule has 0 radical (unpaired) electrons. The molecule has 1 rings (SSSR count). The van der Waals surface area contributed by atoms with Crippen molar-refractivity contribution in [2.24, 2.45) is 10.7 Å². The maximum absolute atomic E-state index is 7.91. The number of amidine groups is 1. The van der Waals surface area contributed by atoms with Crippen molar-refractivity contribution in [3.8, 4) is 5.75 Å². The van der Waals surface area contributed by atoms with E-state index in [0.29, 0.717) is 19.0 Å². The molecule has 122 valence electrons. The second-order valence-corrected chi connectivity index (χ2v) is 5.08. The third kappa shape index (κ3) is 7.11. The summed E-state index contributed by atoms with van der Waals surface area (Å²) in [6.07, 6.45) is 4.75. The highest BCUT2D eigenvalue weighted by Gasteiger charge is 2.03. The van der Waals surface area contributed by atoms with Crippen molar-refractivity contribution >= 4 is 11.7 Å². The van der Waals surface area contributed by atoms with E-state index in [-0.39, 0.29) is 5.90 Å². The van der Waals surface area contributed by atoms with Crippen LogP contribution in [0.2, 0.25) is 0 Å². The van der Waals surface area contributed by atoms with E-state index in [1.165, 1.54) is 0 Å². The van der Waals surface area contributed by atoms with Crippen LogP contribution in [-0.2, 0) is 4.74 Å². The lowest BCUT2D eigenvalue weighted by Gasteiger charge is -2.09. The SMILES string of the molecule is CCCOc1ccc(C(=N)OCCCCCC(N)=NC)cc1. The lowest BCUT2D eigenvalue weighted by atomic mass is 10.2. The Morgan fingerprint density at radius 1 is 1.14 bits per heavy atom. The van der Waals surface area contributed by atoms with Gasteiger partial charge < -0.3 is 15.2 Å². The molecule has 1 aromatic rings. The Labute approximate surface area is 133 Å². The van der Waals surface area contributed by atoms with Gasteiger partial charge in [-0.25, -0.2) is 0 Å². The van der Waals surface area contributed by atoms with E-state index in [1.54, 1.807) is 7.05 Å². The molecule has 0 bridgehead atoms. The van der Waals surface area contributed by atoms with Crippen LogP contribution in [0, 0.1) is 5.41 Å². The molecule has 1 aromatic carbocycles. The zero-order chi connectivity index (χ0) is 16.2. The van der Waals surface area contributed by atoms with Gasteiger partial charge in [0.05, 0.1) is 19.0 Å². The number of aliphatic imine (C=N–C) groups is 1. The number of hydrogen-bond acceptors (Lipinski definition) is 4. The molecular weight excluding hydrogens is 278 g/mol. The van der Waals surface area contributed by atoms with Crippen LogP contribution in [0.1, 0.15) is 44.6 Å². The fourth-order valence-electron chi connectivity index (χ4n) is 1.88. The van der Waals surface area contributed by atoms with Crippen LogP contribution < -0.4 is 10.5 Å². The van der Waals surface area contributed by atoms with E-state index < -0.39 is 0 Å². The Bertz CT molecular complexity index is 469. The molecule has 0 unspecified atom stereocenters. The Balaban J connectivity index is 2.22. The molecule has 0 spiro atoms. The van der Waals surface area contributed by atoms with Crippen LogP contribution in [0.25, 0.3) is 0 Å². The second-order valence-electron chi connectivity index (χ2n) is 5.08. The van der Waals surface area contributed by atoms with Crippen molar-refractivity contribution in [3.05, 3.63) is 29.8 Å². The monoisotopic (exact) mass is 305 g/mol. The molecular formula is C17H27N3O2. The Hall–Kier alpha value is -2.04. The molecule has 0 atom stereocenters. The van der Waals surface area contributed by atoms with Crippen LogP contribution in [0.15, 0.2) is 29.3 Å². The summed E-state index contributed by atoms with van der Waals surface area (Å²) in [6, 6.07) is 7.45. The molecule has 0 saturated carbocycles. The van der Waals surface area contributed by atoms with Gasteiger partial charge in [-0.05, 0) is 49.9 Å². The Morgan fingerprint density at radius 3 is 2.50 bits per heavy atom. The summed E-state index contributed by atoms with van der Waals surface area (Å²) in [5.74, 6) is 1.73. The lowest BCUT2D eigenvalue weighted by Crippen LogP contribution is -2.11. The average Bonchev–Trinajstić information content (AvgIpc) is 2.56. The van der Waals surface area contributed by atoms with Crippen LogP contribution in [0.5, 0.6) is 5.75 Å². The fourth-order valence-corrected chi connectivity index (χ4v) is 1.88. The van der Waals surface area contributed by atoms with Gasteiger partial charge in [0.15, 0.2) is 0 Å². The van der Waals surface area contributed by atoms with Gasteiger partial charge in [-0.1, -0.05) is 6.92 Å². The molecule has 0 aliphatic rings. The van der Waals surface area contributed by atoms with Crippen molar-refractivity contribution in [1.82, 2.24) is 0 Å². The summed E-state index contributed by atoms with van der Waals surface area (Å²) in [6.45, 7) is 3.33. The summed E-state index contributed by atoms with van der Waals surface area (Å²) >= 11 is 0. The van der Waals surface area contributed by atoms with E-state index in [2.05, 4.69) is 11.9 Å². The third-order valence-corrected chi connectivity index (χ3v) is 3.20. The minimum Gasteiger partial charge on any atom is -0.494 e. The number of ether oxygens (including phenoxy) is 2. The van der Waals surface area contributed by atoms with Crippen molar-refractivity contribution in [1.29, 1.82) is 5.41 Å². The van der Waals surface area contributed by atoms with Gasteiger partial charge in [0, 0.05) is 19.0 Å². The highest BCUT2D eigenvalue weighted by Crippen LogP contribution is 2.13. The van der Waals surface area contributed by atoms with E-state index in [0.717, 1.165) is 43.4 Å². The molecule has 22 heavy (non-hydrogen) atoms. The molecule has 0 aliphatic carbocycles. The maximum Gasteiger partial charge on any atom is 0.213 e. The zero-order valence-corrected chi connectivity index (χ0v) is 13.6. The minimum absolute atomic E-state index is 0.205. The maximum atomic E-state index is 7.91.